The molecule has 0 bridgehead atoms. The molecular weight excluding hydrogens is 466 g/mol. The molecule has 5 nitrogen and oxygen atoms in total. The van der Waals surface area contributed by atoms with Gasteiger partial charge >= 0.3 is 0 Å². The Kier molecular flexibility index (Phi) is 7.07. The van der Waals surface area contributed by atoms with Gasteiger partial charge in [0, 0.05) is 13.5 Å². The van der Waals surface area contributed by atoms with Crippen LogP contribution in [0.15, 0.2) is 95.9 Å². The molecule has 3 aromatic rings. The predicted molar refractivity (Wildman–Crippen MR) is 119 cm³/mol. The van der Waals surface area contributed by atoms with E-state index in [1.54, 1.807) is 18.2 Å². The molecule has 3 rings (SSSR count). The van der Waals surface area contributed by atoms with E-state index in [4.69, 9.17) is 4.74 Å². The fourth-order valence-corrected chi connectivity index (χ4v) is 4.92. The SMILES string of the molecule is CN(C(=O)C(Br)(Cc1ccccc1)OCc1ccccc1)S(=O)(=O)c1ccccc1. The normalized spacial score (nSPS) is 13.4. The quantitative estimate of drug-likeness (QED) is 0.442. The second-order valence-corrected chi connectivity index (χ2v) is 10.0. The third-order valence-corrected chi connectivity index (χ3v) is 7.19. The Balaban J connectivity index is 1.90. The zero-order valence-electron chi connectivity index (χ0n) is 16.4. The van der Waals surface area contributed by atoms with Crippen LogP contribution in [-0.2, 0) is 32.6 Å². The minimum atomic E-state index is -4.02. The lowest BCUT2D eigenvalue weighted by Gasteiger charge is -2.31. The number of carbonyl (C=O) groups excluding carboxylic acids is 1. The molecule has 30 heavy (non-hydrogen) atoms. The molecule has 0 saturated carbocycles. The summed E-state index contributed by atoms with van der Waals surface area (Å²) in [7, 11) is -2.78. The van der Waals surface area contributed by atoms with Crippen molar-refractivity contribution in [3.63, 3.8) is 0 Å². The van der Waals surface area contributed by atoms with E-state index in [1.165, 1.54) is 19.2 Å². The number of likely N-dealkylation sites (N-methyl/N-ethyl adjacent to an activating group) is 1. The predicted octanol–water partition coefficient (Wildman–Crippen LogP) is 4.38. The fourth-order valence-electron chi connectivity index (χ4n) is 2.91. The molecule has 3 aromatic carbocycles. The smallest absolute Gasteiger partial charge is 0.279 e. The first-order valence-electron chi connectivity index (χ1n) is 9.32. The van der Waals surface area contributed by atoms with Crippen molar-refractivity contribution in [2.75, 3.05) is 7.05 Å². The summed E-state index contributed by atoms with van der Waals surface area (Å²) in [6.45, 7) is 0.143. The summed E-state index contributed by atoms with van der Waals surface area (Å²) in [4.78, 5) is 13.4. The van der Waals surface area contributed by atoms with Gasteiger partial charge < -0.3 is 4.74 Å². The van der Waals surface area contributed by atoms with Gasteiger partial charge in [-0.05, 0) is 39.2 Å². The molecule has 1 amide bonds. The Morgan fingerprint density at radius 3 is 1.87 bits per heavy atom. The van der Waals surface area contributed by atoms with Crippen LogP contribution in [0.3, 0.4) is 0 Å². The number of rotatable bonds is 8. The van der Waals surface area contributed by atoms with Gasteiger partial charge in [-0.1, -0.05) is 78.9 Å². The highest BCUT2D eigenvalue weighted by molar-refractivity contribution is 9.10. The number of halogens is 1. The molecule has 0 fully saturated rings. The maximum absolute atomic E-state index is 13.4. The minimum absolute atomic E-state index is 0.0403. The molecule has 156 valence electrons. The van der Waals surface area contributed by atoms with Crippen LogP contribution in [0.1, 0.15) is 11.1 Å². The Morgan fingerprint density at radius 2 is 1.33 bits per heavy atom. The maximum Gasteiger partial charge on any atom is 0.279 e. The van der Waals surface area contributed by atoms with Gasteiger partial charge in [-0.2, -0.15) is 0 Å². The molecule has 0 aliphatic heterocycles. The van der Waals surface area contributed by atoms with Gasteiger partial charge in [0.05, 0.1) is 11.5 Å². The van der Waals surface area contributed by atoms with Gasteiger partial charge in [0.25, 0.3) is 15.9 Å². The lowest BCUT2D eigenvalue weighted by atomic mass is 10.1. The van der Waals surface area contributed by atoms with Crippen molar-refractivity contribution in [3.8, 4) is 0 Å². The average molecular weight is 488 g/mol. The molecule has 0 aliphatic rings. The summed E-state index contributed by atoms with van der Waals surface area (Å²) in [5, 5.41) is 0. The lowest BCUT2D eigenvalue weighted by Crippen LogP contribution is -2.48. The van der Waals surface area contributed by atoms with Gasteiger partial charge in [-0.15, -0.1) is 0 Å². The number of ether oxygens (including phenoxy) is 1. The van der Waals surface area contributed by atoms with Crippen molar-refractivity contribution in [2.45, 2.75) is 22.4 Å². The van der Waals surface area contributed by atoms with Gasteiger partial charge in [0.15, 0.2) is 0 Å². The van der Waals surface area contributed by atoms with Crippen LogP contribution >= 0.6 is 15.9 Å². The zero-order valence-corrected chi connectivity index (χ0v) is 18.8. The third kappa shape index (κ3) is 5.16. The van der Waals surface area contributed by atoms with E-state index in [9.17, 15) is 13.2 Å². The molecule has 0 aliphatic carbocycles. The van der Waals surface area contributed by atoms with Crippen LogP contribution in [0.4, 0.5) is 0 Å². The number of carbonyl (C=O) groups is 1. The molecule has 0 aromatic heterocycles. The summed E-state index contributed by atoms with van der Waals surface area (Å²) in [6, 6.07) is 26.6. The minimum Gasteiger partial charge on any atom is -0.349 e. The topological polar surface area (TPSA) is 63.7 Å². The molecule has 1 atom stereocenters. The summed E-state index contributed by atoms with van der Waals surface area (Å²) < 4.78 is 31.1. The van der Waals surface area contributed by atoms with Crippen molar-refractivity contribution in [1.29, 1.82) is 0 Å². The van der Waals surface area contributed by atoms with Crippen LogP contribution in [0.2, 0.25) is 0 Å². The molecule has 0 heterocycles. The van der Waals surface area contributed by atoms with Crippen LogP contribution in [-0.4, -0.2) is 30.2 Å². The monoisotopic (exact) mass is 487 g/mol. The number of amides is 1. The first-order chi connectivity index (χ1) is 14.3. The maximum atomic E-state index is 13.4. The van der Waals surface area contributed by atoms with E-state index < -0.39 is 20.4 Å². The average Bonchev–Trinajstić information content (AvgIpc) is 2.78. The highest BCUT2D eigenvalue weighted by atomic mass is 79.9. The molecule has 0 saturated heterocycles. The molecule has 7 heteroatoms. The molecule has 1 unspecified atom stereocenters. The Bertz CT molecular complexity index is 1080. The van der Waals surface area contributed by atoms with E-state index in [0.29, 0.717) is 0 Å². The summed E-state index contributed by atoms with van der Waals surface area (Å²) in [5.41, 5.74) is 1.71. The van der Waals surface area contributed by atoms with Gasteiger partial charge in [0.2, 0.25) is 4.51 Å². The van der Waals surface area contributed by atoms with Crippen molar-refractivity contribution in [3.05, 3.63) is 102 Å². The van der Waals surface area contributed by atoms with Crippen LogP contribution in [0.5, 0.6) is 0 Å². The lowest BCUT2D eigenvalue weighted by molar-refractivity contribution is -0.141. The summed E-state index contributed by atoms with van der Waals surface area (Å²) in [5.74, 6) is -0.703. The van der Waals surface area contributed by atoms with Crippen LogP contribution < -0.4 is 0 Å². The first-order valence-corrected chi connectivity index (χ1v) is 11.6. The number of hydrogen-bond acceptors (Lipinski definition) is 4. The number of nitrogens with zero attached hydrogens (tertiary/aromatic N) is 1. The number of alkyl halides is 1. The van der Waals surface area contributed by atoms with Crippen molar-refractivity contribution in [1.82, 2.24) is 4.31 Å². The summed E-state index contributed by atoms with van der Waals surface area (Å²) in [6.07, 6.45) is 0.161. The van der Waals surface area contributed by atoms with Crippen molar-refractivity contribution < 1.29 is 17.9 Å². The highest BCUT2D eigenvalue weighted by Crippen LogP contribution is 2.31. The van der Waals surface area contributed by atoms with Crippen LogP contribution in [0.25, 0.3) is 0 Å². The van der Waals surface area contributed by atoms with E-state index in [2.05, 4.69) is 15.9 Å². The number of sulfonamides is 1. The van der Waals surface area contributed by atoms with E-state index in [1.807, 2.05) is 60.7 Å². The van der Waals surface area contributed by atoms with E-state index in [-0.39, 0.29) is 17.9 Å². The van der Waals surface area contributed by atoms with Crippen LogP contribution in [0, 0.1) is 0 Å². The molecule has 0 radical (unpaired) electrons. The Hall–Kier alpha value is -2.48. The molecule has 0 N–H and O–H groups in total. The second-order valence-electron chi connectivity index (χ2n) is 6.76. The highest BCUT2D eigenvalue weighted by Gasteiger charge is 2.43. The summed E-state index contributed by atoms with van der Waals surface area (Å²) >= 11 is 3.43. The molecule has 0 spiro atoms. The van der Waals surface area contributed by atoms with Gasteiger partial charge in [0.1, 0.15) is 0 Å². The van der Waals surface area contributed by atoms with Crippen molar-refractivity contribution >= 4 is 31.9 Å². The Morgan fingerprint density at radius 1 is 0.867 bits per heavy atom. The first kappa shape index (κ1) is 22.2. The number of hydrogen-bond donors (Lipinski definition) is 0. The molecular formula is C23H22BrNO4S. The van der Waals surface area contributed by atoms with Gasteiger partial charge in [-0.3, -0.25) is 4.79 Å². The number of benzene rings is 3. The van der Waals surface area contributed by atoms with Crippen molar-refractivity contribution in [2.24, 2.45) is 0 Å². The second kappa shape index (κ2) is 9.55. The third-order valence-electron chi connectivity index (χ3n) is 4.59. The standard InChI is InChI=1S/C23H22BrNO4S/c1-25(30(27,28)21-15-9-4-10-16-21)22(26)23(24,17-19-11-5-2-6-12-19)29-18-20-13-7-3-8-14-20/h2-16H,17-18H2,1H3. The largest absolute Gasteiger partial charge is 0.349 e. The van der Waals surface area contributed by atoms with E-state index >= 15 is 0 Å². The fraction of sp³-hybridized carbons (Fsp3) is 0.174. The van der Waals surface area contributed by atoms with E-state index in [0.717, 1.165) is 15.4 Å². The Labute approximate surface area is 185 Å². The zero-order chi connectivity index (χ0) is 21.6. The van der Waals surface area contributed by atoms with Gasteiger partial charge in [-0.25, -0.2) is 12.7 Å².